The van der Waals surface area contributed by atoms with Crippen molar-refractivity contribution in [2.75, 3.05) is 19.8 Å². The third-order valence-electron chi connectivity index (χ3n) is 2.54. The molecule has 0 radical (unpaired) electrons. The van der Waals surface area contributed by atoms with E-state index in [-0.39, 0.29) is 25.2 Å². The molecule has 1 rings (SSSR count). The van der Waals surface area contributed by atoms with Crippen molar-refractivity contribution < 1.29 is 14.6 Å². The molecule has 0 spiro atoms. The molecule has 0 bridgehead atoms. The van der Waals surface area contributed by atoms with Gasteiger partial charge in [0.2, 0.25) is 0 Å². The highest BCUT2D eigenvalue weighted by molar-refractivity contribution is 6.42. The van der Waals surface area contributed by atoms with E-state index < -0.39 is 0 Å². The van der Waals surface area contributed by atoms with Crippen molar-refractivity contribution in [2.45, 2.75) is 19.9 Å². The number of carbonyl (C=O) groups is 1. The van der Waals surface area contributed by atoms with E-state index in [0.29, 0.717) is 22.3 Å². The van der Waals surface area contributed by atoms with E-state index in [1.807, 2.05) is 13.8 Å². The fourth-order valence-corrected chi connectivity index (χ4v) is 1.86. The second kappa shape index (κ2) is 7.58. The number of hydrogen-bond acceptors (Lipinski definition) is 3. The maximum absolute atomic E-state index is 11.9. The minimum absolute atomic E-state index is 0.0112. The molecule has 6 heteroatoms. The van der Waals surface area contributed by atoms with Gasteiger partial charge in [-0.2, -0.15) is 0 Å². The average molecular weight is 306 g/mol. The van der Waals surface area contributed by atoms with Gasteiger partial charge in [0.25, 0.3) is 5.91 Å². The molecule has 106 valence electrons. The van der Waals surface area contributed by atoms with Crippen LogP contribution < -0.4 is 4.74 Å². The number of ether oxygens (including phenoxy) is 1. The van der Waals surface area contributed by atoms with Gasteiger partial charge in [-0.15, -0.1) is 0 Å². The predicted octanol–water partition coefficient (Wildman–Crippen LogP) is 2.60. The lowest BCUT2D eigenvalue weighted by molar-refractivity contribution is -0.135. The van der Waals surface area contributed by atoms with Crippen molar-refractivity contribution in [3.8, 4) is 5.75 Å². The largest absolute Gasteiger partial charge is 0.484 e. The van der Waals surface area contributed by atoms with Crippen molar-refractivity contribution in [3.63, 3.8) is 0 Å². The van der Waals surface area contributed by atoms with Crippen LogP contribution in [0.25, 0.3) is 0 Å². The first kappa shape index (κ1) is 16.1. The summed E-state index contributed by atoms with van der Waals surface area (Å²) in [6.07, 6.45) is 0. The lowest BCUT2D eigenvalue weighted by Gasteiger charge is -2.25. The molecule has 0 atom stereocenters. The first-order valence-corrected chi connectivity index (χ1v) is 6.69. The topological polar surface area (TPSA) is 49.8 Å². The van der Waals surface area contributed by atoms with E-state index in [1.54, 1.807) is 23.1 Å². The molecule has 0 saturated carbocycles. The lowest BCUT2D eigenvalue weighted by Crippen LogP contribution is -2.41. The number of benzene rings is 1. The average Bonchev–Trinajstić information content (AvgIpc) is 2.36. The van der Waals surface area contributed by atoms with E-state index in [9.17, 15) is 4.79 Å². The highest BCUT2D eigenvalue weighted by Crippen LogP contribution is 2.26. The quantitative estimate of drug-likeness (QED) is 0.879. The summed E-state index contributed by atoms with van der Waals surface area (Å²) in [5, 5.41) is 9.73. The highest BCUT2D eigenvalue weighted by atomic mass is 35.5. The van der Waals surface area contributed by atoms with E-state index in [2.05, 4.69) is 0 Å². The number of aliphatic hydroxyl groups is 1. The van der Waals surface area contributed by atoms with E-state index >= 15 is 0 Å². The molecular weight excluding hydrogens is 289 g/mol. The minimum atomic E-state index is -0.185. The van der Waals surface area contributed by atoms with Gasteiger partial charge in [-0.05, 0) is 26.0 Å². The van der Waals surface area contributed by atoms with Crippen LogP contribution in [0.15, 0.2) is 18.2 Å². The van der Waals surface area contributed by atoms with Gasteiger partial charge in [0.1, 0.15) is 5.75 Å². The number of amides is 1. The van der Waals surface area contributed by atoms with Crippen molar-refractivity contribution >= 4 is 29.1 Å². The molecule has 1 aromatic rings. The van der Waals surface area contributed by atoms with Gasteiger partial charge in [-0.3, -0.25) is 4.79 Å². The first-order chi connectivity index (χ1) is 8.95. The summed E-state index contributed by atoms with van der Waals surface area (Å²) in [5.74, 6) is 0.297. The zero-order chi connectivity index (χ0) is 14.4. The van der Waals surface area contributed by atoms with Crippen molar-refractivity contribution in [1.82, 2.24) is 4.90 Å². The first-order valence-electron chi connectivity index (χ1n) is 5.94. The summed E-state index contributed by atoms with van der Waals surface area (Å²) in [7, 11) is 0. The summed E-state index contributed by atoms with van der Waals surface area (Å²) in [6.45, 7) is 3.88. The Kier molecular flexibility index (Phi) is 6.42. The molecule has 0 unspecified atom stereocenters. The molecule has 19 heavy (non-hydrogen) atoms. The molecule has 0 aromatic heterocycles. The van der Waals surface area contributed by atoms with Crippen molar-refractivity contribution in [3.05, 3.63) is 28.2 Å². The number of carbonyl (C=O) groups excluding carboxylic acids is 1. The van der Waals surface area contributed by atoms with Gasteiger partial charge in [-0.1, -0.05) is 23.2 Å². The van der Waals surface area contributed by atoms with Crippen LogP contribution in [-0.2, 0) is 4.79 Å². The van der Waals surface area contributed by atoms with Crippen molar-refractivity contribution in [1.29, 1.82) is 0 Å². The molecule has 0 aliphatic rings. The number of rotatable bonds is 6. The maximum atomic E-state index is 11.9. The summed E-state index contributed by atoms with van der Waals surface area (Å²) in [5.41, 5.74) is 0. The Bertz CT molecular complexity index is 438. The van der Waals surface area contributed by atoms with Crippen LogP contribution in [0.5, 0.6) is 5.75 Å². The summed E-state index contributed by atoms with van der Waals surface area (Å²) in [6, 6.07) is 4.82. The zero-order valence-electron chi connectivity index (χ0n) is 10.9. The van der Waals surface area contributed by atoms with Gasteiger partial charge >= 0.3 is 0 Å². The minimum Gasteiger partial charge on any atom is -0.484 e. The Balaban J connectivity index is 2.59. The van der Waals surface area contributed by atoms with Crippen LogP contribution in [-0.4, -0.2) is 41.7 Å². The van der Waals surface area contributed by atoms with Crippen LogP contribution in [0.4, 0.5) is 0 Å². The molecule has 0 saturated heterocycles. The van der Waals surface area contributed by atoms with Gasteiger partial charge in [-0.25, -0.2) is 0 Å². The van der Waals surface area contributed by atoms with E-state index in [1.165, 1.54) is 0 Å². The molecule has 1 amide bonds. The van der Waals surface area contributed by atoms with Crippen LogP contribution in [0.3, 0.4) is 0 Å². The molecular formula is C13H17Cl2NO3. The Labute approximate surface area is 122 Å². The Morgan fingerprint density at radius 3 is 2.58 bits per heavy atom. The number of hydrogen-bond donors (Lipinski definition) is 1. The molecule has 4 nitrogen and oxygen atoms in total. The van der Waals surface area contributed by atoms with Crippen LogP contribution in [0.1, 0.15) is 13.8 Å². The molecule has 0 heterocycles. The van der Waals surface area contributed by atoms with Crippen LogP contribution in [0.2, 0.25) is 10.0 Å². The van der Waals surface area contributed by atoms with Gasteiger partial charge in [0.15, 0.2) is 6.61 Å². The molecule has 1 aromatic carbocycles. The Hall–Kier alpha value is -0.970. The summed E-state index contributed by atoms with van der Waals surface area (Å²) >= 11 is 11.6. The number of aliphatic hydroxyl groups excluding tert-OH is 1. The summed E-state index contributed by atoms with van der Waals surface area (Å²) in [4.78, 5) is 13.5. The predicted molar refractivity (Wildman–Crippen MR) is 75.9 cm³/mol. The Morgan fingerprint density at radius 1 is 1.37 bits per heavy atom. The second-order valence-corrected chi connectivity index (χ2v) is 5.08. The third-order valence-corrected chi connectivity index (χ3v) is 3.28. The van der Waals surface area contributed by atoms with Gasteiger partial charge in [0, 0.05) is 18.7 Å². The second-order valence-electron chi connectivity index (χ2n) is 4.27. The van der Waals surface area contributed by atoms with Crippen LogP contribution >= 0.6 is 23.2 Å². The molecule has 0 aliphatic heterocycles. The normalized spacial score (nSPS) is 10.6. The fraction of sp³-hybridized carbons (Fsp3) is 0.462. The fourth-order valence-electron chi connectivity index (χ4n) is 1.57. The summed E-state index contributed by atoms with van der Waals surface area (Å²) < 4.78 is 5.37. The molecule has 0 aliphatic carbocycles. The van der Waals surface area contributed by atoms with Crippen molar-refractivity contribution in [2.24, 2.45) is 0 Å². The monoisotopic (exact) mass is 305 g/mol. The lowest BCUT2D eigenvalue weighted by atomic mass is 10.3. The maximum Gasteiger partial charge on any atom is 0.260 e. The zero-order valence-corrected chi connectivity index (χ0v) is 12.4. The van der Waals surface area contributed by atoms with Crippen LogP contribution in [0, 0.1) is 0 Å². The van der Waals surface area contributed by atoms with Gasteiger partial charge in [0.05, 0.1) is 16.7 Å². The molecule has 1 N–H and O–H groups in total. The highest BCUT2D eigenvalue weighted by Gasteiger charge is 2.16. The number of nitrogens with zero attached hydrogens (tertiary/aromatic N) is 1. The van der Waals surface area contributed by atoms with E-state index in [0.717, 1.165) is 0 Å². The van der Waals surface area contributed by atoms with E-state index in [4.69, 9.17) is 33.0 Å². The molecule has 0 fully saturated rings. The Morgan fingerprint density at radius 2 is 2.05 bits per heavy atom. The smallest absolute Gasteiger partial charge is 0.260 e. The third kappa shape index (κ3) is 4.90. The SMILES string of the molecule is CC(C)N(CCO)C(=O)COc1ccc(Cl)c(Cl)c1. The van der Waals surface area contributed by atoms with Gasteiger partial charge < -0.3 is 14.7 Å². The number of halogens is 2. The standard InChI is InChI=1S/C13H17Cl2NO3/c1-9(2)16(5-6-17)13(18)8-19-10-3-4-11(14)12(15)7-10/h3-4,7,9,17H,5-6,8H2,1-2H3.